The highest BCUT2D eigenvalue weighted by Crippen LogP contribution is 2.27. The summed E-state index contributed by atoms with van der Waals surface area (Å²) in [6, 6.07) is 19.0. The molecule has 5 aromatic rings. The molecule has 5 heterocycles. The van der Waals surface area contributed by atoms with Crippen molar-refractivity contribution in [2.24, 2.45) is 7.05 Å². The maximum absolute atomic E-state index is 12.2. The molecule has 0 bridgehead atoms. The Morgan fingerprint density at radius 1 is 0.929 bits per heavy atom. The first-order chi connectivity index (χ1) is 20.6. The van der Waals surface area contributed by atoms with Crippen LogP contribution >= 0.6 is 0 Å². The molecule has 2 aliphatic rings. The molecular formula is C31H36N10O. The Labute approximate surface area is 244 Å². The molecule has 0 atom stereocenters. The Kier molecular flexibility index (Phi) is 7.16. The summed E-state index contributed by atoms with van der Waals surface area (Å²) in [5, 5.41) is 7.07. The maximum atomic E-state index is 12.2. The van der Waals surface area contributed by atoms with E-state index in [-0.39, 0.29) is 11.9 Å². The van der Waals surface area contributed by atoms with Crippen LogP contribution in [0.2, 0.25) is 0 Å². The summed E-state index contributed by atoms with van der Waals surface area (Å²) < 4.78 is 4.03. The van der Waals surface area contributed by atoms with Gasteiger partial charge in [0.2, 0.25) is 17.8 Å². The molecule has 0 unspecified atom stereocenters. The Morgan fingerprint density at radius 3 is 2.52 bits per heavy atom. The van der Waals surface area contributed by atoms with Gasteiger partial charge in [-0.15, -0.1) is 0 Å². The van der Waals surface area contributed by atoms with Gasteiger partial charge in [0.15, 0.2) is 17.0 Å². The summed E-state index contributed by atoms with van der Waals surface area (Å²) in [6.07, 6.45) is 5.41. The van der Waals surface area contributed by atoms with Gasteiger partial charge in [0, 0.05) is 58.8 Å². The number of piperidine rings is 1. The Hall–Kier alpha value is -4.51. The van der Waals surface area contributed by atoms with E-state index in [0.717, 1.165) is 73.5 Å². The SMILES string of the molecule is Cn1c(Nc2nc(NC3CCN(Cc4ccccc4)CC3)c3ncn(CCN4CCCC4=O)c3n2)nc2ccccc21. The topological polar surface area (TPSA) is 109 Å². The quantitative estimate of drug-likeness (QED) is 0.275. The lowest BCUT2D eigenvalue weighted by molar-refractivity contribution is -0.127. The minimum atomic E-state index is 0.221. The van der Waals surface area contributed by atoms with Gasteiger partial charge < -0.3 is 19.4 Å². The Balaban J connectivity index is 1.14. The molecule has 11 nitrogen and oxygen atoms in total. The first-order valence-corrected chi connectivity index (χ1v) is 14.8. The first-order valence-electron chi connectivity index (χ1n) is 14.8. The molecule has 3 aromatic heterocycles. The fraction of sp³-hybridized carbons (Fsp3) is 0.387. The predicted molar refractivity (Wildman–Crippen MR) is 163 cm³/mol. The summed E-state index contributed by atoms with van der Waals surface area (Å²) in [5.41, 5.74) is 4.76. The lowest BCUT2D eigenvalue weighted by Crippen LogP contribution is -2.38. The number of para-hydroxylation sites is 2. The van der Waals surface area contributed by atoms with Gasteiger partial charge in [-0.3, -0.25) is 15.0 Å². The number of hydrogen-bond acceptors (Lipinski definition) is 8. The van der Waals surface area contributed by atoms with Crippen LogP contribution in [0, 0.1) is 0 Å². The molecule has 0 saturated carbocycles. The maximum Gasteiger partial charge on any atom is 0.233 e. The van der Waals surface area contributed by atoms with Crippen molar-refractivity contribution in [3.63, 3.8) is 0 Å². The van der Waals surface area contributed by atoms with Crippen molar-refractivity contribution in [1.29, 1.82) is 0 Å². The van der Waals surface area contributed by atoms with Crippen LogP contribution in [0.3, 0.4) is 0 Å². The summed E-state index contributed by atoms with van der Waals surface area (Å²) in [4.78, 5) is 35.9. The number of nitrogens with zero attached hydrogens (tertiary/aromatic N) is 8. The van der Waals surface area contributed by atoms with Crippen LogP contribution in [0.25, 0.3) is 22.2 Å². The fourth-order valence-corrected chi connectivity index (χ4v) is 6.06. The molecular weight excluding hydrogens is 528 g/mol. The van der Waals surface area contributed by atoms with Crippen LogP contribution in [0.1, 0.15) is 31.2 Å². The van der Waals surface area contributed by atoms with Crippen LogP contribution in [0.15, 0.2) is 60.9 Å². The van der Waals surface area contributed by atoms with Gasteiger partial charge in [-0.1, -0.05) is 42.5 Å². The van der Waals surface area contributed by atoms with E-state index in [9.17, 15) is 4.79 Å². The number of benzene rings is 2. The number of likely N-dealkylation sites (tertiary alicyclic amines) is 2. The summed E-state index contributed by atoms with van der Waals surface area (Å²) in [6.45, 7) is 5.10. The zero-order valence-electron chi connectivity index (χ0n) is 23.9. The average Bonchev–Trinajstić information content (AvgIpc) is 3.71. The van der Waals surface area contributed by atoms with E-state index in [1.165, 1.54) is 5.56 Å². The largest absolute Gasteiger partial charge is 0.365 e. The molecule has 42 heavy (non-hydrogen) atoms. The van der Waals surface area contributed by atoms with E-state index in [0.29, 0.717) is 31.4 Å². The molecule has 0 spiro atoms. The van der Waals surface area contributed by atoms with Crippen molar-refractivity contribution >= 4 is 45.8 Å². The first kappa shape index (κ1) is 26.4. The number of fused-ring (bicyclic) bond motifs is 2. The lowest BCUT2D eigenvalue weighted by Gasteiger charge is -2.32. The van der Waals surface area contributed by atoms with Crippen molar-refractivity contribution in [3.05, 3.63) is 66.5 Å². The molecule has 216 valence electrons. The van der Waals surface area contributed by atoms with Gasteiger partial charge in [0.25, 0.3) is 0 Å². The van der Waals surface area contributed by atoms with Crippen LogP contribution < -0.4 is 10.6 Å². The molecule has 0 radical (unpaired) electrons. The second-order valence-electron chi connectivity index (χ2n) is 11.3. The number of carbonyl (C=O) groups excluding carboxylic acids is 1. The van der Waals surface area contributed by atoms with Crippen molar-refractivity contribution < 1.29 is 4.79 Å². The third-order valence-corrected chi connectivity index (χ3v) is 8.43. The predicted octanol–water partition coefficient (Wildman–Crippen LogP) is 4.16. The van der Waals surface area contributed by atoms with E-state index in [1.54, 1.807) is 0 Å². The molecule has 0 aliphatic carbocycles. The van der Waals surface area contributed by atoms with Crippen LogP contribution in [0.5, 0.6) is 0 Å². The zero-order valence-corrected chi connectivity index (χ0v) is 23.9. The van der Waals surface area contributed by atoms with Gasteiger partial charge in [-0.2, -0.15) is 9.97 Å². The summed E-state index contributed by atoms with van der Waals surface area (Å²) >= 11 is 0. The van der Waals surface area contributed by atoms with E-state index < -0.39 is 0 Å². The van der Waals surface area contributed by atoms with Gasteiger partial charge in [-0.25, -0.2) is 9.97 Å². The van der Waals surface area contributed by atoms with Crippen molar-refractivity contribution in [1.82, 2.24) is 38.9 Å². The highest BCUT2D eigenvalue weighted by Gasteiger charge is 2.24. The fourth-order valence-electron chi connectivity index (χ4n) is 6.06. The van der Waals surface area contributed by atoms with E-state index >= 15 is 0 Å². The number of aromatic nitrogens is 6. The number of carbonyl (C=O) groups is 1. The van der Waals surface area contributed by atoms with Crippen LogP contribution in [-0.2, 0) is 24.9 Å². The standard InChI is InChI=1S/C31H36N10O/c1-38-25-11-6-5-10-24(25)34-31(38)37-30-35-28(33-23-13-16-39(17-14-23)20-22-8-3-2-4-9-22)27-29(36-30)41(21-32-27)19-18-40-15-7-12-26(40)42/h2-6,8-11,21,23H,7,12-20H2,1H3,(H2,33,34,35,36,37). The minimum absolute atomic E-state index is 0.221. The molecule has 2 N–H and O–H groups in total. The number of aryl methyl sites for hydroxylation is 1. The van der Waals surface area contributed by atoms with Gasteiger partial charge in [-0.05, 0) is 37.0 Å². The highest BCUT2D eigenvalue weighted by atomic mass is 16.2. The molecule has 2 aliphatic heterocycles. The molecule has 1 amide bonds. The highest BCUT2D eigenvalue weighted by molar-refractivity contribution is 5.85. The number of anilines is 3. The monoisotopic (exact) mass is 564 g/mol. The number of rotatable bonds is 9. The second-order valence-corrected chi connectivity index (χ2v) is 11.3. The Morgan fingerprint density at radius 2 is 1.74 bits per heavy atom. The second kappa shape index (κ2) is 11.4. The van der Waals surface area contributed by atoms with Gasteiger partial charge in [0.05, 0.1) is 17.4 Å². The average molecular weight is 565 g/mol. The van der Waals surface area contributed by atoms with Crippen LogP contribution in [0.4, 0.5) is 17.7 Å². The van der Waals surface area contributed by atoms with Crippen molar-refractivity contribution in [2.75, 3.05) is 36.8 Å². The Bertz CT molecular complexity index is 1700. The molecule has 2 saturated heterocycles. The van der Waals surface area contributed by atoms with Gasteiger partial charge >= 0.3 is 0 Å². The lowest BCUT2D eigenvalue weighted by atomic mass is 10.0. The number of nitrogens with one attached hydrogen (secondary N) is 2. The van der Waals surface area contributed by atoms with Gasteiger partial charge in [0.1, 0.15) is 0 Å². The van der Waals surface area contributed by atoms with E-state index in [2.05, 4.69) is 45.9 Å². The molecule has 2 fully saturated rings. The number of imidazole rings is 2. The zero-order chi connectivity index (χ0) is 28.5. The molecule has 2 aromatic carbocycles. The van der Waals surface area contributed by atoms with Crippen LogP contribution in [-0.4, -0.2) is 77.0 Å². The third kappa shape index (κ3) is 5.39. The molecule has 7 rings (SSSR count). The smallest absolute Gasteiger partial charge is 0.233 e. The van der Waals surface area contributed by atoms with E-state index in [1.807, 2.05) is 51.7 Å². The summed E-state index contributed by atoms with van der Waals surface area (Å²) in [7, 11) is 1.98. The number of amides is 1. The molecule has 11 heteroatoms. The van der Waals surface area contributed by atoms with Crippen molar-refractivity contribution in [2.45, 2.75) is 44.8 Å². The van der Waals surface area contributed by atoms with Crippen molar-refractivity contribution in [3.8, 4) is 0 Å². The minimum Gasteiger partial charge on any atom is -0.365 e. The van der Waals surface area contributed by atoms with E-state index in [4.69, 9.17) is 19.9 Å². The third-order valence-electron chi connectivity index (χ3n) is 8.43. The summed E-state index contributed by atoms with van der Waals surface area (Å²) in [5.74, 6) is 2.08. The normalized spacial score (nSPS) is 16.6. The number of hydrogen-bond donors (Lipinski definition) is 2.